The molecule has 0 amide bonds. The van der Waals surface area contributed by atoms with Gasteiger partial charge < -0.3 is 10.4 Å². The smallest absolute Gasteiger partial charge is 0.150 e. The van der Waals surface area contributed by atoms with Crippen molar-refractivity contribution in [2.45, 2.75) is 26.7 Å². The summed E-state index contributed by atoms with van der Waals surface area (Å²) in [5.41, 5.74) is -0.482. The predicted molar refractivity (Wildman–Crippen MR) is 72.6 cm³/mol. The zero-order valence-electron chi connectivity index (χ0n) is 10.6. The number of benzene rings is 1. The molecule has 0 saturated carbocycles. The molecule has 0 fully saturated rings. The molecule has 0 aliphatic carbocycles. The van der Waals surface area contributed by atoms with Crippen LogP contribution in [-0.2, 0) is 0 Å². The van der Waals surface area contributed by atoms with Gasteiger partial charge in [0.25, 0.3) is 0 Å². The van der Waals surface area contributed by atoms with Crippen molar-refractivity contribution in [1.29, 1.82) is 0 Å². The van der Waals surface area contributed by atoms with Gasteiger partial charge in [0.15, 0.2) is 0 Å². The van der Waals surface area contributed by atoms with Crippen molar-refractivity contribution >= 4 is 21.6 Å². The third-order valence-corrected chi connectivity index (χ3v) is 3.94. The fraction of sp³-hybridized carbons (Fsp3) is 0.538. The Labute approximate surface area is 115 Å². The normalized spacial score (nSPS) is 11.7. The quantitative estimate of drug-likeness (QED) is 0.831. The van der Waals surface area contributed by atoms with Crippen LogP contribution in [0.3, 0.4) is 0 Å². The van der Waals surface area contributed by atoms with Crippen molar-refractivity contribution in [3.63, 3.8) is 0 Å². The fourth-order valence-corrected chi connectivity index (χ4v) is 2.17. The summed E-state index contributed by atoms with van der Waals surface area (Å²) in [7, 11) is 0. The van der Waals surface area contributed by atoms with Crippen molar-refractivity contribution in [1.82, 2.24) is 0 Å². The predicted octanol–water partition coefficient (Wildman–Crippen LogP) is 3.94. The molecule has 0 unspecified atom stereocenters. The van der Waals surface area contributed by atoms with Crippen LogP contribution in [0.2, 0.25) is 0 Å². The van der Waals surface area contributed by atoms with Crippen molar-refractivity contribution < 1.29 is 13.9 Å². The van der Waals surface area contributed by atoms with Gasteiger partial charge in [0.1, 0.15) is 17.3 Å². The summed E-state index contributed by atoms with van der Waals surface area (Å²) < 4.78 is 27.6. The average molecular weight is 322 g/mol. The molecule has 2 N–H and O–H groups in total. The number of nitrogens with one attached hydrogen (secondary N) is 1. The molecule has 0 spiro atoms. The van der Waals surface area contributed by atoms with Crippen LogP contribution >= 0.6 is 15.9 Å². The highest BCUT2D eigenvalue weighted by molar-refractivity contribution is 9.10. The van der Waals surface area contributed by atoms with Crippen LogP contribution in [0.5, 0.6) is 0 Å². The minimum Gasteiger partial charge on any atom is -0.396 e. The molecular formula is C13H18BrF2NO. The fourth-order valence-electron chi connectivity index (χ4n) is 1.77. The number of hydrogen-bond donors (Lipinski definition) is 2. The van der Waals surface area contributed by atoms with E-state index in [1.165, 1.54) is 12.1 Å². The van der Waals surface area contributed by atoms with Crippen LogP contribution in [0.1, 0.15) is 26.7 Å². The first-order valence-corrected chi connectivity index (χ1v) is 6.76. The van der Waals surface area contributed by atoms with Gasteiger partial charge in [0.05, 0.1) is 6.61 Å². The van der Waals surface area contributed by atoms with Crippen molar-refractivity contribution in [2.75, 3.05) is 18.5 Å². The number of rotatable bonds is 6. The summed E-state index contributed by atoms with van der Waals surface area (Å²) in [6, 6.07) is 2.42. The summed E-state index contributed by atoms with van der Waals surface area (Å²) >= 11 is 3.03. The van der Waals surface area contributed by atoms with E-state index in [1.807, 2.05) is 13.8 Å². The lowest BCUT2D eigenvalue weighted by Crippen LogP contribution is -2.32. The van der Waals surface area contributed by atoms with Crippen molar-refractivity contribution in [3.05, 3.63) is 28.2 Å². The molecule has 0 heterocycles. The topological polar surface area (TPSA) is 32.3 Å². The number of halogens is 3. The average Bonchev–Trinajstić information content (AvgIpc) is 2.33. The van der Waals surface area contributed by atoms with Gasteiger partial charge in [0.2, 0.25) is 0 Å². The molecule has 0 aliphatic rings. The van der Waals surface area contributed by atoms with E-state index in [9.17, 15) is 13.9 Å². The van der Waals surface area contributed by atoms with Gasteiger partial charge in [0, 0.05) is 16.4 Å². The molecule has 0 aromatic heterocycles. The summed E-state index contributed by atoms with van der Waals surface area (Å²) in [6.45, 7) is 4.24. The van der Waals surface area contributed by atoms with Gasteiger partial charge in [-0.05, 0) is 25.0 Å². The molecular weight excluding hydrogens is 304 g/mol. The summed E-state index contributed by atoms with van der Waals surface area (Å²) in [6.07, 6.45) is 1.49. The lowest BCUT2D eigenvalue weighted by Gasteiger charge is -2.30. The standard InChI is InChI=1S/C13H18BrF2NO/c1-3-13(4-2,8-18)7-17-12-10(15)5-9(14)6-11(12)16/h5-6,17-18H,3-4,7-8H2,1-2H3. The molecule has 0 aliphatic heterocycles. The zero-order valence-corrected chi connectivity index (χ0v) is 12.2. The van der Waals surface area contributed by atoms with Gasteiger partial charge in [-0.25, -0.2) is 8.78 Å². The Bertz CT molecular complexity index is 377. The number of anilines is 1. The van der Waals surface area contributed by atoms with E-state index in [0.717, 1.165) is 12.8 Å². The zero-order chi connectivity index (χ0) is 13.8. The van der Waals surface area contributed by atoms with E-state index in [2.05, 4.69) is 21.2 Å². The molecule has 102 valence electrons. The van der Waals surface area contributed by atoms with Gasteiger partial charge in [-0.2, -0.15) is 0 Å². The largest absolute Gasteiger partial charge is 0.396 e. The first-order valence-electron chi connectivity index (χ1n) is 5.97. The third kappa shape index (κ3) is 3.42. The number of aliphatic hydroxyl groups excluding tert-OH is 1. The van der Waals surface area contributed by atoms with Crippen LogP contribution in [0.25, 0.3) is 0 Å². The number of aliphatic hydroxyl groups is 1. The highest BCUT2D eigenvalue weighted by Gasteiger charge is 2.26. The van der Waals surface area contributed by atoms with Crippen LogP contribution in [0.4, 0.5) is 14.5 Å². The third-order valence-electron chi connectivity index (χ3n) is 3.48. The van der Waals surface area contributed by atoms with Crippen molar-refractivity contribution in [3.8, 4) is 0 Å². The Morgan fingerprint density at radius 2 is 1.72 bits per heavy atom. The number of hydrogen-bond acceptors (Lipinski definition) is 2. The second-order valence-corrected chi connectivity index (χ2v) is 5.38. The first kappa shape index (κ1) is 15.4. The van der Waals surface area contributed by atoms with Crippen molar-refractivity contribution in [2.24, 2.45) is 5.41 Å². The van der Waals surface area contributed by atoms with Crippen LogP contribution < -0.4 is 5.32 Å². The molecule has 0 bridgehead atoms. The Balaban J connectivity index is 2.86. The van der Waals surface area contributed by atoms with Crippen LogP contribution in [0.15, 0.2) is 16.6 Å². The SMILES string of the molecule is CCC(CC)(CO)CNc1c(F)cc(Br)cc1F. The van der Waals surface area contributed by atoms with Gasteiger partial charge in [-0.3, -0.25) is 0 Å². The maximum atomic E-state index is 13.6. The minimum absolute atomic E-state index is 0.00718. The Morgan fingerprint density at radius 1 is 1.22 bits per heavy atom. The Kier molecular flexibility index (Phi) is 5.53. The summed E-state index contributed by atoms with van der Waals surface area (Å²) in [4.78, 5) is 0. The molecule has 2 nitrogen and oxygen atoms in total. The molecule has 18 heavy (non-hydrogen) atoms. The first-order chi connectivity index (χ1) is 8.48. The van der Waals surface area contributed by atoms with E-state index in [1.54, 1.807) is 0 Å². The van der Waals surface area contributed by atoms with E-state index >= 15 is 0 Å². The molecule has 5 heteroatoms. The highest BCUT2D eigenvalue weighted by Crippen LogP contribution is 2.29. The maximum absolute atomic E-state index is 13.6. The summed E-state index contributed by atoms with van der Waals surface area (Å²) in [5.74, 6) is -1.28. The molecule has 0 radical (unpaired) electrons. The molecule has 1 aromatic rings. The van der Waals surface area contributed by atoms with E-state index < -0.39 is 11.6 Å². The maximum Gasteiger partial charge on any atom is 0.150 e. The molecule has 0 saturated heterocycles. The molecule has 1 rings (SSSR count). The van der Waals surface area contributed by atoms with E-state index in [0.29, 0.717) is 11.0 Å². The van der Waals surface area contributed by atoms with Gasteiger partial charge in [-0.1, -0.05) is 29.8 Å². The van der Waals surface area contributed by atoms with Crippen LogP contribution in [-0.4, -0.2) is 18.3 Å². The lowest BCUT2D eigenvalue weighted by molar-refractivity contribution is 0.127. The monoisotopic (exact) mass is 321 g/mol. The lowest BCUT2D eigenvalue weighted by atomic mass is 9.83. The molecule has 0 atom stereocenters. The molecule has 1 aromatic carbocycles. The second kappa shape index (κ2) is 6.48. The Morgan fingerprint density at radius 3 is 2.11 bits per heavy atom. The summed E-state index contributed by atoms with van der Waals surface area (Å²) in [5, 5.41) is 12.2. The van der Waals surface area contributed by atoms with E-state index in [-0.39, 0.29) is 17.7 Å². The Hall–Kier alpha value is -0.680. The van der Waals surface area contributed by atoms with Crippen LogP contribution in [0, 0.1) is 17.0 Å². The van der Waals surface area contributed by atoms with Gasteiger partial charge in [-0.15, -0.1) is 0 Å². The highest BCUT2D eigenvalue weighted by atomic mass is 79.9. The second-order valence-electron chi connectivity index (χ2n) is 4.46. The minimum atomic E-state index is -0.638. The van der Waals surface area contributed by atoms with E-state index in [4.69, 9.17) is 0 Å². The van der Waals surface area contributed by atoms with Gasteiger partial charge >= 0.3 is 0 Å².